The summed E-state index contributed by atoms with van der Waals surface area (Å²) in [5, 5.41) is 18.8. The van der Waals surface area contributed by atoms with Crippen LogP contribution in [0.15, 0.2) is 30.3 Å². The van der Waals surface area contributed by atoms with Crippen LogP contribution in [-0.4, -0.2) is 15.8 Å². The van der Waals surface area contributed by atoms with Crippen LogP contribution < -0.4 is 0 Å². The van der Waals surface area contributed by atoms with Crippen LogP contribution in [0.25, 0.3) is 6.08 Å². The SMILES string of the molecule is CCC(C)(O)C=Cc1ccc(O)cc1. The van der Waals surface area contributed by atoms with Crippen LogP contribution in [-0.2, 0) is 0 Å². The van der Waals surface area contributed by atoms with Crippen LogP contribution in [0.4, 0.5) is 0 Å². The van der Waals surface area contributed by atoms with Gasteiger partial charge in [0.25, 0.3) is 0 Å². The van der Waals surface area contributed by atoms with E-state index >= 15 is 0 Å². The third kappa shape index (κ3) is 3.23. The van der Waals surface area contributed by atoms with Crippen molar-refractivity contribution < 1.29 is 10.2 Å². The molecule has 2 heteroatoms. The molecule has 0 fully saturated rings. The van der Waals surface area contributed by atoms with Gasteiger partial charge in [0.05, 0.1) is 5.60 Å². The highest BCUT2D eigenvalue weighted by Crippen LogP contribution is 2.15. The highest BCUT2D eigenvalue weighted by molar-refractivity contribution is 5.51. The van der Waals surface area contributed by atoms with E-state index in [1.807, 2.05) is 13.0 Å². The molecule has 2 nitrogen and oxygen atoms in total. The molecular weight excluding hydrogens is 176 g/mol. The van der Waals surface area contributed by atoms with E-state index in [9.17, 15) is 5.11 Å². The number of rotatable bonds is 3. The quantitative estimate of drug-likeness (QED) is 0.772. The molecule has 1 rings (SSSR count). The predicted octanol–water partition coefficient (Wildman–Crippen LogP) is 2.57. The summed E-state index contributed by atoms with van der Waals surface area (Å²) in [4.78, 5) is 0. The van der Waals surface area contributed by atoms with Gasteiger partial charge in [0.1, 0.15) is 5.75 Å². The molecule has 14 heavy (non-hydrogen) atoms. The predicted molar refractivity (Wildman–Crippen MR) is 58.1 cm³/mol. The Morgan fingerprint density at radius 2 is 1.86 bits per heavy atom. The van der Waals surface area contributed by atoms with Crippen molar-refractivity contribution in [1.82, 2.24) is 0 Å². The van der Waals surface area contributed by atoms with Gasteiger partial charge in [0, 0.05) is 0 Å². The number of benzene rings is 1. The number of hydrogen-bond donors (Lipinski definition) is 2. The molecule has 0 amide bonds. The third-order valence-corrected chi connectivity index (χ3v) is 2.24. The third-order valence-electron chi connectivity index (χ3n) is 2.24. The maximum Gasteiger partial charge on any atom is 0.115 e. The molecule has 0 aliphatic heterocycles. The van der Waals surface area contributed by atoms with Crippen LogP contribution in [0.1, 0.15) is 25.8 Å². The molecule has 0 aromatic heterocycles. The van der Waals surface area contributed by atoms with E-state index in [-0.39, 0.29) is 5.75 Å². The first-order valence-corrected chi connectivity index (χ1v) is 4.74. The van der Waals surface area contributed by atoms with Gasteiger partial charge in [0.15, 0.2) is 0 Å². The normalized spacial score (nSPS) is 15.6. The van der Waals surface area contributed by atoms with Crippen molar-refractivity contribution in [3.8, 4) is 5.75 Å². The first-order chi connectivity index (χ1) is 6.53. The number of aromatic hydroxyl groups is 1. The van der Waals surface area contributed by atoms with Gasteiger partial charge in [-0.25, -0.2) is 0 Å². The molecule has 0 saturated carbocycles. The first kappa shape index (κ1) is 10.8. The lowest BCUT2D eigenvalue weighted by Gasteiger charge is -2.15. The van der Waals surface area contributed by atoms with E-state index in [1.54, 1.807) is 37.3 Å². The van der Waals surface area contributed by atoms with Gasteiger partial charge in [-0.05, 0) is 31.0 Å². The molecule has 76 valence electrons. The highest BCUT2D eigenvalue weighted by atomic mass is 16.3. The molecule has 0 bridgehead atoms. The fraction of sp³-hybridized carbons (Fsp3) is 0.333. The molecule has 0 heterocycles. The molecule has 0 spiro atoms. The minimum Gasteiger partial charge on any atom is -0.508 e. The van der Waals surface area contributed by atoms with E-state index in [2.05, 4.69) is 0 Å². The second-order valence-corrected chi connectivity index (χ2v) is 3.64. The van der Waals surface area contributed by atoms with Gasteiger partial charge in [-0.3, -0.25) is 0 Å². The summed E-state index contributed by atoms with van der Waals surface area (Å²) in [6.07, 6.45) is 4.30. The second-order valence-electron chi connectivity index (χ2n) is 3.64. The Morgan fingerprint density at radius 1 is 1.29 bits per heavy atom. The summed E-state index contributed by atoms with van der Waals surface area (Å²) in [5.41, 5.74) is 0.217. The van der Waals surface area contributed by atoms with Crippen LogP contribution >= 0.6 is 0 Å². The maximum atomic E-state index is 9.70. The maximum absolute atomic E-state index is 9.70. The second kappa shape index (κ2) is 4.29. The highest BCUT2D eigenvalue weighted by Gasteiger charge is 2.11. The molecule has 0 saturated heterocycles. The summed E-state index contributed by atoms with van der Waals surface area (Å²) in [6.45, 7) is 3.70. The van der Waals surface area contributed by atoms with Gasteiger partial charge in [-0.1, -0.05) is 31.2 Å². The smallest absolute Gasteiger partial charge is 0.115 e. The standard InChI is InChI=1S/C12H16O2/c1-3-12(2,14)9-8-10-4-6-11(13)7-5-10/h4-9,13-14H,3H2,1-2H3. The summed E-state index contributed by atoms with van der Waals surface area (Å²) >= 11 is 0. The molecule has 1 aromatic carbocycles. The Hall–Kier alpha value is -1.28. The van der Waals surface area contributed by atoms with E-state index in [4.69, 9.17) is 5.11 Å². The lowest BCUT2D eigenvalue weighted by molar-refractivity contribution is 0.108. The van der Waals surface area contributed by atoms with Gasteiger partial charge in [-0.15, -0.1) is 0 Å². The van der Waals surface area contributed by atoms with E-state index < -0.39 is 5.60 Å². The Bertz CT molecular complexity index is 310. The molecule has 1 atom stereocenters. The van der Waals surface area contributed by atoms with Crippen molar-refractivity contribution in [3.63, 3.8) is 0 Å². The summed E-state index contributed by atoms with van der Waals surface area (Å²) in [6, 6.07) is 6.86. The molecule has 1 unspecified atom stereocenters. The fourth-order valence-corrected chi connectivity index (χ4v) is 0.979. The number of aliphatic hydroxyl groups is 1. The number of phenols is 1. The fourth-order valence-electron chi connectivity index (χ4n) is 0.979. The van der Waals surface area contributed by atoms with Crippen molar-refractivity contribution >= 4 is 6.08 Å². The zero-order valence-corrected chi connectivity index (χ0v) is 8.57. The van der Waals surface area contributed by atoms with Crippen molar-refractivity contribution in [1.29, 1.82) is 0 Å². The molecule has 2 N–H and O–H groups in total. The number of phenolic OH excluding ortho intramolecular Hbond substituents is 1. The van der Waals surface area contributed by atoms with Crippen LogP contribution in [0, 0.1) is 0 Å². The van der Waals surface area contributed by atoms with Crippen LogP contribution in [0.2, 0.25) is 0 Å². The van der Waals surface area contributed by atoms with Gasteiger partial charge in [-0.2, -0.15) is 0 Å². The van der Waals surface area contributed by atoms with E-state index in [1.165, 1.54) is 0 Å². The lowest BCUT2D eigenvalue weighted by Crippen LogP contribution is -2.18. The Balaban J connectivity index is 2.74. The van der Waals surface area contributed by atoms with E-state index in [0.717, 1.165) is 5.56 Å². The van der Waals surface area contributed by atoms with Gasteiger partial charge < -0.3 is 10.2 Å². The monoisotopic (exact) mass is 192 g/mol. The van der Waals surface area contributed by atoms with Crippen LogP contribution in [0.5, 0.6) is 5.75 Å². The minimum absolute atomic E-state index is 0.254. The lowest BCUT2D eigenvalue weighted by atomic mass is 10.0. The zero-order chi connectivity index (χ0) is 10.6. The van der Waals surface area contributed by atoms with Gasteiger partial charge >= 0.3 is 0 Å². The summed E-state index contributed by atoms with van der Waals surface area (Å²) in [7, 11) is 0. The molecule has 0 radical (unpaired) electrons. The average Bonchev–Trinajstić information content (AvgIpc) is 2.17. The molecular formula is C12H16O2. The Morgan fingerprint density at radius 3 is 2.36 bits per heavy atom. The van der Waals surface area contributed by atoms with Crippen molar-refractivity contribution in [2.24, 2.45) is 0 Å². The summed E-state index contributed by atoms with van der Waals surface area (Å²) < 4.78 is 0. The van der Waals surface area contributed by atoms with Gasteiger partial charge in [0.2, 0.25) is 0 Å². The number of hydrogen-bond acceptors (Lipinski definition) is 2. The van der Waals surface area contributed by atoms with Crippen molar-refractivity contribution in [2.75, 3.05) is 0 Å². The molecule has 1 aromatic rings. The average molecular weight is 192 g/mol. The largest absolute Gasteiger partial charge is 0.508 e. The van der Waals surface area contributed by atoms with Crippen LogP contribution in [0.3, 0.4) is 0 Å². The first-order valence-electron chi connectivity index (χ1n) is 4.74. The van der Waals surface area contributed by atoms with E-state index in [0.29, 0.717) is 6.42 Å². The van der Waals surface area contributed by atoms with Crippen molar-refractivity contribution in [3.05, 3.63) is 35.9 Å². The molecule has 0 aliphatic rings. The summed E-state index contributed by atoms with van der Waals surface area (Å²) in [5.74, 6) is 0.254. The Kier molecular flexibility index (Phi) is 3.31. The minimum atomic E-state index is -0.752. The zero-order valence-electron chi connectivity index (χ0n) is 8.57. The Labute approximate surface area is 84.5 Å². The topological polar surface area (TPSA) is 40.5 Å². The molecule has 0 aliphatic carbocycles. The van der Waals surface area contributed by atoms with Crippen molar-refractivity contribution in [2.45, 2.75) is 25.9 Å².